The molecule has 2 fully saturated rings. The quantitative estimate of drug-likeness (QED) is 0.841. The van der Waals surface area contributed by atoms with Gasteiger partial charge in [0.1, 0.15) is 0 Å². The molecule has 0 spiro atoms. The van der Waals surface area contributed by atoms with Crippen molar-refractivity contribution >= 4 is 11.7 Å². The summed E-state index contributed by atoms with van der Waals surface area (Å²) in [7, 11) is 0. The maximum absolute atomic E-state index is 12.8. The summed E-state index contributed by atoms with van der Waals surface area (Å²) >= 11 is 0. The van der Waals surface area contributed by atoms with Crippen molar-refractivity contribution in [3.8, 4) is 6.07 Å². The van der Waals surface area contributed by atoms with Gasteiger partial charge in [0.15, 0.2) is 11.7 Å². The number of hydrogen-bond donors (Lipinski definition) is 1. The molecule has 24 heavy (non-hydrogen) atoms. The third-order valence-corrected chi connectivity index (χ3v) is 4.40. The van der Waals surface area contributed by atoms with Crippen LogP contribution in [0.1, 0.15) is 36.3 Å². The summed E-state index contributed by atoms with van der Waals surface area (Å²) in [5, 5.41) is 11.7. The Hall–Kier alpha value is -2.36. The van der Waals surface area contributed by atoms with Gasteiger partial charge in [0.2, 0.25) is 5.91 Å². The minimum Gasteiger partial charge on any atom is -0.352 e. The van der Waals surface area contributed by atoms with Crippen LogP contribution in [0.15, 0.2) is 24.3 Å². The number of nitriles is 1. The van der Waals surface area contributed by atoms with Crippen LogP contribution in [0.25, 0.3) is 0 Å². The summed E-state index contributed by atoms with van der Waals surface area (Å²) < 4.78 is 38.3. The van der Waals surface area contributed by atoms with Crippen LogP contribution in [0.2, 0.25) is 0 Å². The van der Waals surface area contributed by atoms with Crippen molar-refractivity contribution in [2.24, 2.45) is 11.8 Å². The average molecular weight is 336 g/mol. The Labute approximate surface area is 136 Å². The molecule has 126 valence electrons. The molecule has 0 aliphatic heterocycles. The number of Topliss-reactive ketones (excluding diaryl/α,β-unsaturated/α-hetero) is 1. The molecule has 0 radical (unpaired) electrons. The van der Waals surface area contributed by atoms with Gasteiger partial charge in [-0.05, 0) is 36.8 Å². The highest BCUT2D eigenvalue weighted by molar-refractivity contribution is 6.06. The molecule has 1 amide bonds. The summed E-state index contributed by atoms with van der Waals surface area (Å²) in [6, 6.07) is 6.62. The molecular formula is C17H15F3N2O2. The summed E-state index contributed by atoms with van der Waals surface area (Å²) in [5.41, 5.74) is -0.344. The monoisotopic (exact) mass is 336 g/mol. The molecule has 0 heterocycles. The van der Waals surface area contributed by atoms with Gasteiger partial charge in [0.25, 0.3) is 0 Å². The van der Waals surface area contributed by atoms with Gasteiger partial charge in [-0.15, -0.1) is 0 Å². The number of halogens is 3. The number of nitrogens with zero attached hydrogens (tertiary/aromatic N) is 1. The maximum atomic E-state index is 12.8. The number of hydrogen-bond acceptors (Lipinski definition) is 3. The summed E-state index contributed by atoms with van der Waals surface area (Å²) in [5.74, 6) is -3.41. The number of alkyl halides is 3. The Morgan fingerprint density at radius 2 is 2.00 bits per heavy atom. The lowest BCUT2D eigenvalue weighted by atomic mass is 9.97. The molecule has 0 aromatic heterocycles. The van der Waals surface area contributed by atoms with Crippen LogP contribution in [0, 0.1) is 23.2 Å². The number of rotatable bonds is 5. The Bertz CT molecular complexity index is 719. The van der Waals surface area contributed by atoms with Crippen molar-refractivity contribution in [3.63, 3.8) is 0 Å². The lowest BCUT2D eigenvalue weighted by Crippen LogP contribution is -2.36. The predicted octanol–water partition coefficient (Wildman–Crippen LogP) is 2.80. The van der Waals surface area contributed by atoms with Crippen LogP contribution in [-0.4, -0.2) is 17.7 Å². The molecule has 4 nitrogen and oxygen atoms in total. The van der Waals surface area contributed by atoms with Gasteiger partial charge in [-0.1, -0.05) is 18.2 Å². The van der Waals surface area contributed by atoms with E-state index in [1.807, 2.05) is 0 Å². The number of carbonyl (C=O) groups is 2. The Kier molecular flexibility index (Phi) is 4.08. The Balaban J connectivity index is 1.68. The van der Waals surface area contributed by atoms with Gasteiger partial charge < -0.3 is 5.32 Å². The molecule has 7 heteroatoms. The van der Waals surface area contributed by atoms with Crippen LogP contribution in [0.4, 0.5) is 13.2 Å². The number of carbonyl (C=O) groups excluding carboxylic acids is 2. The highest BCUT2D eigenvalue weighted by atomic mass is 19.4. The van der Waals surface area contributed by atoms with Crippen molar-refractivity contribution in [1.82, 2.24) is 5.32 Å². The lowest BCUT2D eigenvalue weighted by molar-refractivity contribution is -0.137. The molecule has 2 aliphatic rings. The number of ketones is 1. The van der Waals surface area contributed by atoms with Crippen LogP contribution in [0.3, 0.4) is 0 Å². The van der Waals surface area contributed by atoms with Crippen molar-refractivity contribution in [2.75, 3.05) is 0 Å². The zero-order valence-corrected chi connectivity index (χ0v) is 12.6. The van der Waals surface area contributed by atoms with Gasteiger partial charge in [0.05, 0.1) is 11.6 Å². The summed E-state index contributed by atoms with van der Waals surface area (Å²) in [6.07, 6.45) is -2.39. The normalized spacial score (nSPS) is 23.9. The molecule has 1 aromatic rings. The number of nitrogens with one attached hydrogen (secondary N) is 1. The summed E-state index contributed by atoms with van der Waals surface area (Å²) in [6.45, 7) is 0. The topological polar surface area (TPSA) is 70.0 Å². The molecule has 0 unspecified atom stereocenters. The van der Waals surface area contributed by atoms with E-state index in [1.165, 1.54) is 6.07 Å². The van der Waals surface area contributed by atoms with E-state index >= 15 is 0 Å². The molecule has 1 aromatic carbocycles. The standard InChI is InChI=1S/C17H15F3N2O2/c18-17(19,20)10-3-1-2-9(6-10)12-7-13(12)15(23)14(8-21)16(24)22-11-4-5-11/h1-3,6,11-14H,4-5,7H2,(H,22,24)/t12-,13+,14+/m1/s1. The molecule has 2 saturated carbocycles. The van der Waals surface area contributed by atoms with Gasteiger partial charge in [0, 0.05) is 12.0 Å². The van der Waals surface area contributed by atoms with E-state index in [1.54, 1.807) is 12.1 Å². The third kappa shape index (κ3) is 3.42. The molecule has 0 bridgehead atoms. The van der Waals surface area contributed by atoms with E-state index in [9.17, 15) is 22.8 Å². The van der Waals surface area contributed by atoms with Crippen LogP contribution in [-0.2, 0) is 15.8 Å². The first-order valence-corrected chi connectivity index (χ1v) is 7.72. The van der Waals surface area contributed by atoms with E-state index in [-0.39, 0.29) is 12.0 Å². The van der Waals surface area contributed by atoms with Gasteiger partial charge in [-0.25, -0.2) is 0 Å². The highest BCUT2D eigenvalue weighted by Gasteiger charge is 2.48. The second-order valence-electron chi connectivity index (χ2n) is 6.32. The zero-order valence-electron chi connectivity index (χ0n) is 12.6. The predicted molar refractivity (Wildman–Crippen MR) is 77.6 cm³/mol. The molecule has 2 aliphatic carbocycles. The van der Waals surface area contributed by atoms with Gasteiger partial charge in [-0.3, -0.25) is 9.59 Å². The van der Waals surface area contributed by atoms with Crippen LogP contribution >= 0.6 is 0 Å². The minimum absolute atomic E-state index is 0.0413. The van der Waals surface area contributed by atoms with E-state index in [2.05, 4.69) is 5.32 Å². The van der Waals surface area contributed by atoms with Crippen LogP contribution in [0.5, 0.6) is 0 Å². The number of amides is 1. The van der Waals surface area contributed by atoms with Gasteiger partial charge in [-0.2, -0.15) is 18.4 Å². The Morgan fingerprint density at radius 1 is 1.29 bits per heavy atom. The fourth-order valence-corrected chi connectivity index (χ4v) is 2.80. The second-order valence-corrected chi connectivity index (χ2v) is 6.32. The second kappa shape index (κ2) is 5.93. The fourth-order valence-electron chi connectivity index (χ4n) is 2.80. The largest absolute Gasteiger partial charge is 0.416 e. The zero-order chi connectivity index (χ0) is 17.5. The first-order valence-electron chi connectivity index (χ1n) is 7.72. The minimum atomic E-state index is -4.44. The number of benzene rings is 1. The van der Waals surface area contributed by atoms with E-state index in [0.717, 1.165) is 25.0 Å². The average Bonchev–Trinajstić information content (AvgIpc) is 3.41. The third-order valence-electron chi connectivity index (χ3n) is 4.40. The summed E-state index contributed by atoms with van der Waals surface area (Å²) in [4.78, 5) is 24.3. The fraction of sp³-hybridized carbons (Fsp3) is 0.471. The van der Waals surface area contributed by atoms with Crippen LogP contribution < -0.4 is 5.32 Å². The van der Waals surface area contributed by atoms with Crippen molar-refractivity contribution in [2.45, 2.75) is 37.4 Å². The van der Waals surface area contributed by atoms with E-state index in [0.29, 0.717) is 12.0 Å². The highest BCUT2D eigenvalue weighted by Crippen LogP contribution is 2.49. The van der Waals surface area contributed by atoms with E-state index in [4.69, 9.17) is 5.26 Å². The first kappa shape index (κ1) is 16.5. The van der Waals surface area contributed by atoms with Gasteiger partial charge >= 0.3 is 6.18 Å². The van der Waals surface area contributed by atoms with Crippen molar-refractivity contribution in [1.29, 1.82) is 5.26 Å². The maximum Gasteiger partial charge on any atom is 0.416 e. The SMILES string of the molecule is N#C[C@H](C(=O)NC1CC1)C(=O)[C@H]1C[C@@H]1c1cccc(C(F)(F)F)c1. The molecule has 0 saturated heterocycles. The Morgan fingerprint density at radius 3 is 2.58 bits per heavy atom. The van der Waals surface area contributed by atoms with Crippen molar-refractivity contribution < 1.29 is 22.8 Å². The lowest BCUT2D eigenvalue weighted by Gasteiger charge is -2.10. The first-order chi connectivity index (χ1) is 11.3. The van der Waals surface area contributed by atoms with E-state index < -0.39 is 35.3 Å². The molecule has 3 rings (SSSR count). The molecule has 1 N–H and O–H groups in total. The van der Waals surface area contributed by atoms with Crippen molar-refractivity contribution in [3.05, 3.63) is 35.4 Å². The smallest absolute Gasteiger partial charge is 0.352 e. The molecule has 3 atom stereocenters. The molecular weight excluding hydrogens is 321 g/mol.